The molecule has 2 heterocycles. The van der Waals surface area contributed by atoms with Crippen LogP contribution in [0.15, 0.2) is 0 Å². The Hall–Kier alpha value is -2.37. The molecule has 0 aromatic carbocycles. The number of rotatable bonds is 8. The Kier molecular flexibility index (Phi) is 8.04. The lowest BCUT2D eigenvalue weighted by Gasteiger charge is -2.41. The number of esters is 1. The molecule has 0 aromatic rings. The lowest BCUT2D eigenvalue weighted by molar-refractivity contribution is -0.165. The van der Waals surface area contributed by atoms with Crippen LogP contribution in [0, 0.1) is 5.92 Å². The number of hydrogen-bond donors (Lipinski definition) is 2. The number of ether oxygens (including phenoxy) is 1. The molecule has 3 atom stereocenters. The number of nitrogens with one attached hydrogen (secondary N) is 1. The number of carbonyl (C=O) groups is 5. The van der Waals surface area contributed by atoms with E-state index in [0.29, 0.717) is 6.42 Å². The van der Waals surface area contributed by atoms with Gasteiger partial charge in [0.15, 0.2) is 6.73 Å². The van der Waals surface area contributed by atoms with E-state index in [1.165, 1.54) is 0 Å². The predicted octanol–water partition coefficient (Wildman–Crippen LogP) is -1.73. The van der Waals surface area contributed by atoms with Crippen molar-refractivity contribution in [3.8, 4) is 0 Å². The zero-order valence-electron chi connectivity index (χ0n) is 17.9. The van der Waals surface area contributed by atoms with Crippen molar-refractivity contribution in [2.75, 3.05) is 32.9 Å². The molecule has 2 saturated heterocycles. The molecule has 2 rings (SSSR count). The average molecular weight is 425 g/mol. The molecule has 11 heteroatoms. The summed E-state index contributed by atoms with van der Waals surface area (Å²) in [5.74, 6) is -2.16. The summed E-state index contributed by atoms with van der Waals surface area (Å²) in [4.78, 5) is 64.5. The molecule has 2 unspecified atom stereocenters. The quantitative estimate of drug-likeness (QED) is 0.342. The van der Waals surface area contributed by atoms with Crippen LogP contribution in [0.1, 0.15) is 34.1 Å². The van der Waals surface area contributed by atoms with Crippen molar-refractivity contribution in [2.24, 2.45) is 11.7 Å². The van der Waals surface area contributed by atoms with Gasteiger partial charge in [0, 0.05) is 12.1 Å². The number of carbonyl (C=O) groups excluding carboxylic acids is 5. The highest BCUT2D eigenvalue weighted by Crippen LogP contribution is 2.16. The van der Waals surface area contributed by atoms with E-state index in [9.17, 15) is 24.0 Å². The van der Waals surface area contributed by atoms with E-state index in [2.05, 4.69) is 5.32 Å². The second-order valence-electron chi connectivity index (χ2n) is 8.31. The molecule has 2 aliphatic rings. The van der Waals surface area contributed by atoms with Gasteiger partial charge in [-0.25, -0.2) is 4.90 Å². The highest BCUT2D eigenvalue weighted by molar-refractivity contribution is 6.00. The Morgan fingerprint density at radius 2 is 1.40 bits per heavy atom. The summed E-state index contributed by atoms with van der Waals surface area (Å²) in [6.07, 6.45) is 0.445. The van der Waals surface area contributed by atoms with Crippen molar-refractivity contribution in [3.05, 3.63) is 0 Å². The van der Waals surface area contributed by atoms with Gasteiger partial charge in [-0.3, -0.25) is 39.1 Å². The summed E-state index contributed by atoms with van der Waals surface area (Å²) in [5, 5.41) is 2.25. The summed E-state index contributed by atoms with van der Waals surface area (Å²) in [5.41, 5.74) is 5.76. The van der Waals surface area contributed by atoms with Gasteiger partial charge in [-0.15, -0.1) is 0 Å². The summed E-state index contributed by atoms with van der Waals surface area (Å²) in [6.45, 7) is 7.14. The van der Waals surface area contributed by atoms with E-state index in [1.807, 2.05) is 27.7 Å². The molecule has 0 aliphatic carbocycles. The molecule has 3 N–H and O–H groups in total. The van der Waals surface area contributed by atoms with E-state index in [-0.39, 0.29) is 56.0 Å². The summed E-state index contributed by atoms with van der Waals surface area (Å²) in [6, 6.07) is -1.30. The van der Waals surface area contributed by atoms with Crippen LogP contribution in [0.2, 0.25) is 0 Å². The Morgan fingerprint density at radius 3 is 1.87 bits per heavy atom. The van der Waals surface area contributed by atoms with Crippen LogP contribution in [-0.2, 0) is 28.7 Å². The fourth-order valence-corrected chi connectivity index (χ4v) is 3.54. The van der Waals surface area contributed by atoms with E-state index >= 15 is 0 Å². The lowest BCUT2D eigenvalue weighted by Crippen LogP contribution is -2.62. The Balaban J connectivity index is 1.91. The molecule has 0 saturated carbocycles. The first kappa shape index (κ1) is 23.9. The van der Waals surface area contributed by atoms with Gasteiger partial charge in [0.2, 0.25) is 23.6 Å². The van der Waals surface area contributed by atoms with Crippen LogP contribution in [0.4, 0.5) is 0 Å². The van der Waals surface area contributed by atoms with Gasteiger partial charge in [-0.2, -0.15) is 0 Å². The number of nitrogens with two attached hydrogens (primary N) is 1. The third-order valence-corrected chi connectivity index (χ3v) is 5.47. The number of amides is 4. The van der Waals surface area contributed by atoms with Gasteiger partial charge in [0.05, 0.1) is 26.2 Å². The Morgan fingerprint density at radius 1 is 0.933 bits per heavy atom. The molecule has 11 nitrogen and oxygen atoms in total. The largest absolute Gasteiger partial charge is 0.443 e. The predicted molar refractivity (Wildman–Crippen MR) is 105 cm³/mol. The second-order valence-corrected chi connectivity index (χ2v) is 8.31. The van der Waals surface area contributed by atoms with Crippen LogP contribution in [0.25, 0.3) is 0 Å². The SMILES string of the molecule is CC(C)C[C@H](N)C(=O)OCN1C(=O)CN(C(C)C(C)N2CC(=O)NC(=O)C2)CC1=O. The smallest absolute Gasteiger partial charge is 0.324 e. The minimum Gasteiger partial charge on any atom is -0.443 e. The first-order valence-electron chi connectivity index (χ1n) is 10.1. The summed E-state index contributed by atoms with van der Waals surface area (Å²) in [7, 11) is 0. The highest BCUT2D eigenvalue weighted by atomic mass is 16.5. The van der Waals surface area contributed by atoms with Gasteiger partial charge in [0.1, 0.15) is 6.04 Å². The maximum absolute atomic E-state index is 12.5. The zero-order chi connectivity index (χ0) is 22.6. The monoisotopic (exact) mass is 425 g/mol. The molecular formula is C19H31N5O6. The van der Waals surface area contributed by atoms with Crippen molar-refractivity contribution < 1.29 is 28.7 Å². The maximum Gasteiger partial charge on any atom is 0.324 e. The van der Waals surface area contributed by atoms with E-state index < -0.39 is 30.6 Å². The fraction of sp³-hybridized carbons (Fsp3) is 0.737. The minimum atomic E-state index is -0.804. The van der Waals surface area contributed by atoms with Gasteiger partial charge in [0.25, 0.3) is 0 Å². The molecule has 30 heavy (non-hydrogen) atoms. The summed E-state index contributed by atoms with van der Waals surface area (Å²) < 4.78 is 5.06. The highest BCUT2D eigenvalue weighted by Gasteiger charge is 2.38. The van der Waals surface area contributed by atoms with Crippen molar-refractivity contribution in [3.63, 3.8) is 0 Å². The molecule has 4 amide bonds. The van der Waals surface area contributed by atoms with Gasteiger partial charge in [-0.1, -0.05) is 13.8 Å². The van der Waals surface area contributed by atoms with Gasteiger partial charge >= 0.3 is 5.97 Å². The van der Waals surface area contributed by atoms with Crippen LogP contribution in [0.3, 0.4) is 0 Å². The van der Waals surface area contributed by atoms with Crippen molar-refractivity contribution >= 4 is 29.6 Å². The van der Waals surface area contributed by atoms with Crippen molar-refractivity contribution in [2.45, 2.75) is 52.2 Å². The lowest BCUT2D eigenvalue weighted by atomic mass is 10.1. The third-order valence-electron chi connectivity index (χ3n) is 5.47. The number of hydrogen-bond acceptors (Lipinski definition) is 9. The van der Waals surface area contributed by atoms with Gasteiger partial charge < -0.3 is 10.5 Å². The number of imide groups is 2. The van der Waals surface area contributed by atoms with Crippen LogP contribution in [0.5, 0.6) is 0 Å². The topological polar surface area (TPSA) is 142 Å². The number of piperazine rings is 2. The van der Waals surface area contributed by atoms with E-state index in [4.69, 9.17) is 10.5 Å². The molecule has 168 valence electrons. The third kappa shape index (κ3) is 6.07. The molecule has 0 bridgehead atoms. The normalized spacial score (nSPS) is 22.1. The maximum atomic E-state index is 12.5. The zero-order valence-corrected chi connectivity index (χ0v) is 17.9. The molecular weight excluding hydrogens is 394 g/mol. The standard InChI is InChI=1S/C19H31N5O6/c1-11(2)5-14(20)19(29)30-10-24-17(27)8-23(9-18(24)28)13(4)12(3)22-6-15(25)21-16(26)7-22/h11-14H,5-10,20H2,1-4H3,(H,21,25,26)/t12?,13?,14-/m0/s1. The van der Waals surface area contributed by atoms with Crippen molar-refractivity contribution in [1.29, 1.82) is 0 Å². The van der Waals surface area contributed by atoms with Crippen LogP contribution >= 0.6 is 0 Å². The Bertz CT molecular complexity index is 678. The fourth-order valence-electron chi connectivity index (χ4n) is 3.54. The molecule has 0 aromatic heterocycles. The Labute approximate surface area is 175 Å². The second kappa shape index (κ2) is 10.1. The first-order chi connectivity index (χ1) is 14.0. The molecule has 0 spiro atoms. The van der Waals surface area contributed by atoms with E-state index in [0.717, 1.165) is 4.90 Å². The van der Waals surface area contributed by atoms with Gasteiger partial charge in [-0.05, 0) is 26.2 Å². The van der Waals surface area contributed by atoms with Crippen LogP contribution < -0.4 is 11.1 Å². The minimum absolute atomic E-state index is 0.0408. The number of nitrogens with zero attached hydrogens (tertiary/aromatic N) is 3. The summed E-state index contributed by atoms with van der Waals surface area (Å²) >= 11 is 0. The van der Waals surface area contributed by atoms with Crippen molar-refractivity contribution in [1.82, 2.24) is 20.0 Å². The molecule has 2 fully saturated rings. The van der Waals surface area contributed by atoms with E-state index in [1.54, 1.807) is 9.80 Å². The average Bonchev–Trinajstić information content (AvgIpc) is 2.64. The molecule has 0 radical (unpaired) electrons. The molecule has 2 aliphatic heterocycles. The van der Waals surface area contributed by atoms with Crippen LogP contribution in [-0.4, -0.2) is 95.3 Å². The first-order valence-corrected chi connectivity index (χ1v) is 10.1.